The molecule has 2 fully saturated rings. The highest BCUT2D eigenvalue weighted by molar-refractivity contribution is 5.93. The van der Waals surface area contributed by atoms with Gasteiger partial charge in [-0.1, -0.05) is 0 Å². The Morgan fingerprint density at radius 1 is 1.20 bits per heavy atom. The number of carbonyl (C=O) groups excluding carboxylic acids is 3. The average molecular weight is 284 g/mol. The molecule has 2 aliphatic rings. The molecule has 0 aliphatic heterocycles. The van der Waals surface area contributed by atoms with E-state index in [-0.39, 0.29) is 29.8 Å². The van der Waals surface area contributed by atoms with Crippen molar-refractivity contribution in [2.45, 2.75) is 25.6 Å². The number of Topliss-reactive ketones (excluding diaryl/α,β-unsaturated/α-hetero) is 2. The minimum Gasteiger partial charge on any atom is -0.469 e. The molecule has 0 spiro atoms. The lowest BCUT2D eigenvalue weighted by Crippen LogP contribution is -2.56. The van der Waals surface area contributed by atoms with Crippen molar-refractivity contribution in [3.63, 3.8) is 0 Å². The van der Waals surface area contributed by atoms with Crippen LogP contribution >= 0.6 is 0 Å². The Kier molecular flexibility index (Phi) is 3.97. The summed E-state index contributed by atoms with van der Waals surface area (Å²) in [6.45, 7) is 1.49. The van der Waals surface area contributed by atoms with Crippen LogP contribution in [0.15, 0.2) is 0 Å². The van der Waals surface area contributed by atoms with E-state index < -0.39 is 23.6 Å². The molecule has 0 heterocycles. The molecule has 2 rings (SSSR count). The SMILES string of the molecule is COC(=O)[C@@H]1[C@@H]2CC(=O)C(OC)(OC)[C@H]1C[C@@H]2C(C)=O. The van der Waals surface area contributed by atoms with Crippen LogP contribution in [0.4, 0.5) is 0 Å². The number of carbonyl (C=O) groups is 3. The molecule has 20 heavy (non-hydrogen) atoms. The molecule has 6 nitrogen and oxygen atoms in total. The van der Waals surface area contributed by atoms with Gasteiger partial charge in [0, 0.05) is 32.5 Å². The maximum atomic E-state index is 12.4. The summed E-state index contributed by atoms with van der Waals surface area (Å²) in [5.74, 6) is -3.72. The van der Waals surface area contributed by atoms with Gasteiger partial charge in [0.05, 0.1) is 13.0 Å². The molecule has 0 saturated heterocycles. The molecule has 4 atom stereocenters. The van der Waals surface area contributed by atoms with Gasteiger partial charge in [-0.05, 0) is 19.3 Å². The Morgan fingerprint density at radius 2 is 1.80 bits per heavy atom. The molecule has 0 N–H and O–H groups in total. The summed E-state index contributed by atoms with van der Waals surface area (Å²) in [5.41, 5.74) is 0. The zero-order valence-electron chi connectivity index (χ0n) is 12.2. The van der Waals surface area contributed by atoms with Gasteiger partial charge in [0.1, 0.15) is 5.78 Å². The van der Waals surface area contributed by atoms with E-state index >= 15 is 0 Å². The van der Waals surface area contributed by atoms with Gasteiger partial charge in [-0.3, -0.25) is 14.4 Å². The van der Waals surface area contributed by atoms with Crippen molar-refractivity contribution in [3.8, 4) is 0 Å². The van der Waals surface area contributed by atoms with E-state index in [0.29, 0.717) is 6.42 Å². The molecule has 0 radical (unpaired) electrons. The molecule has 2 aliphatic carbocycles. The minimum absolute atomic E-state index is 0.0118. The highest BCUT2D eigenvalue weighted by Gasteiger charge is 2.65. The summed E-state index contributed by atoms with van der Waals surface area (Å²) in [7, 11) is 4.08. The molecule has 2 bridgehead atoms. The first-order valence-electron chi connectivity index (χ1n) is 6.64. The van der Waals surface area contributed by atoms with Gasteiger partial charge in [0.25, 0.3) is 0 Å². The number of esters is 1. The van der Waals surface area contributed by atoms with Gasteiger partial charge < -0.3 is 14.2 Å². The molecule has 0 unspecified atom stereocenters. The fourth-order valence-corrected chi connectivity index (χ4v) is 3.92. The maximum absolute atomic E-state index is 12.4. The molecule has 0 amide bonds. The zero-order chi connectivity index (χ0) is 15.1. The summed E-state index contributed by atoms with van der Waals surface area (Å²) in [6.07, 6.45) is 0.509. The number of ether oxygens (including phenoxy) is 3. The Labute approximate surface area is 117 Å². The Bertz CT molecular complexity index is 439. The number of fused-ring (bicyclic) bond motifs is 2. The van der Waals surface area contributed by atoms with Crippen molar-refractivity contribution in [2.75, 3.05) is 21.3 Å². The lowest BCUT2D eigenvalue weighted by molar-refractivity contribution is -0.244. The van der Waals surface area contributed by atoms with E-state index in [1.165, 1.54) is 28.3 Å². The van der Waals surface area contributed by atoms with Gasteiger partial charge >= 0.3 is 5.97 Å². The second kappa shape index (κ2) is 5.26. The largest absolute Gasteiger partial charge is 0.469 e. The van der Waals surface area contributed by atoms with E-state index in [2.05, 4.69) is 0 Å². The van der Waals surface area contributed by atoms with Crippen LogP contribution in [-0.2, 0) is 28.6 Å². The van der Waals surface area contributed by atoms with Crippen molar-refractivity contribution in [3.05, 3.63) is 0 Å². The molecule has 2 saturated carbocycles. The van der Waals surface area contributed by atoms with Crippen molar-refractivity contribution in [2.24, 2.45) is 23.7 Å². The summed E-state index contributed by atoms with van der Waals surface area (Å²) < 4.78 is 15.5. The number of hydrogen-bond donors (Lipinski definition) is 0. The first-order chi connectivity index (χ1) is 9.42. The van der Waals surface area contributed by atoms with Crippen LogP contribution in [-0.4, -0.2) is 44.7 Å². The van der Waals surface area contributed by atoms with E-state index in [1.807, 2.05) is 0 Å². The normalized spacial score (nSPS) is 34.9. The molecule has 0 aromatic carbocycles. The van der Waals surface area contributed by atoms with Gasteiger partial charge in [0.2, 0.25) is 5.79 Å². The van der Waals surface area contributed by atoms with Crippen molar-refractivity contribution in [1.82, 2.24) is 0 Å². The smallest absolute Gasteiger partial charge is 0.309 e. The number of hydrogen-bond acceptors (Lipinski definition) is 6. The van der Waals surface area contributed by atoms with Crippen LogP contribution in [0.3, 0.4) is 0 Å². The van der Waals surface area contributed by atoms with Crippen LogP contribution in [0.5, 0.6) is 0 Å². The van der Waals surface area contributed by atoms with E-state index in [4.69, 9.17) is 14.2 Å². The van der Waals surface area contributed by atoms with Crippen LogP contribution in [0.25, 0.3) is 0 Å². The number of rotatable bonds is 4. The average Bonchev–Trinajstić information content (AvgIpc) is 2.74. The van der Waals surface area contributed by atoms with Crippen LogP contribution < -0.4 is 0 Å². The van der Waals surface area contributed by atoms with Gasteiger partial charge in [0.15, 0.2) is 5.78 Å². The predicted octanol–water partition coefficient (Wildman–Crippen LogP) is 0.579. The van der Waals surface area contributed by atoms with E-state index in [1.54, 1.807) is 0 Å². The highest BCUT2D eigenvalue weighted by atomic mass is 16.7. The van der Waals surface area contributed by atoms with Crippen LogP contribution in [0.1, 0.15) is 19.8 Å². The summed E-state index contributed by atoms with van der Waals surface area (Å²) in [6, 6.07) is 0. The minimum atomic E-state index is -1.44. The second-order valence-corrected chi connectivity index (χ2v) is 5.48. The zero-order valence-corrected chi connectivity index (χ0v) is 12.2. The number of methoxy groups -OCH3 is 3. The standard InChI is InChI=1S/C14H20O6/c1-7(15)8-5-10-12(13(17)18-2)9(8)6-11(16)14(10,19-3)20-4/h8-10,12H,5-6H2,1-4H3/t8-,9-,10+,12-/m1/s1. The van der Waals surface area contributed by atoms with Gasteiger partial charge in [-0.2, -0.15) is 0 Å². The third-order valence-electron chi connectivity index (χ3n) is 4.82. The van der Waals surface area contributed by atoms with Gasteiger partial charge in [-0.15, -0.1) is 0 Å². The molecule has 0 aromatic heterocycles. The Balaban J connectivity index is 2.47. The summed E-state index contributed by atoms with van der Waals surface area (Å²) >= 11 is 0. The Hall–Kier alpha value is -1.27. The monoisotopic (exact) mass is 284 g/mol. The van der Waals surface area contributed by atoms with Crippen molar-refractivity contribution in [1.29, 1.82) is 0 Å². The Morgan fingerprint density at radius 3 is 2.25 bits per heavy atom. The number of ketones is 2. The molecular formula is C14H20O6. The molecule has 112 valence electrons. The first-order valence-corrected chi connectivity index (χ1v) is 6.64. The van der Waals surface area contributed by atoms with E-state index in [0.717, 1.165) is 0 Å². The lowest BCUT2D eigenvalue weighted by Gasteiger charge is -2.41. The third-order valence-corrected chi connectivity index (χ3v) is 4.82. The van der Waals surface area contributed by atoms with E-state index in [9.17, 15) is 14.4 Å². The highest BCUT2D eigenvalue weighted by Crippen LogP contribution is 2.54. The van der Waals surface area contributed by atoms with Crippen LogP contribution in [0.2, 0.25) is 0 Å². The fourth-order valence-electron chi connectivity index (χ4n) is 3.92. The molecule has 0 aromatic rings. The third kappa shape index (κ3) is 1.90. The first kappa shape index (κ1) is 15.1. The van der Waals surface area contributed by atoms with Crippen molar-refractivity contribution >= 4 is 17.5 Å². The maximum Gasteiger partial charge on any atom is 0.309 e. The topological polar surface area (TPSA) is 78.9 Å². The quantitative estimate of drug-likeness (QED) is 0.555. The molecular weight excluding hydrogens is 264 g/mol. The van der Waals surface area contributed by atoms with Crippen LogP contribution in [0, 0.1) is 23.7 Å². The lowest BCUT2D eigenvalue weighted by atomic mass is 9.72. The van der Waals surface area contributed by atoms with Gasteiger partial charge in [-0.25, -0.2) is 0 Å². The molecule has 6 heteroatoms. The predicted molar refractivity (Wildman–Crippen MR) is 67.6 cm³/mol. The second-order valence-electron chi connectivity index (χ2n) is 5.48. The fraction of sp³-hybridized carbons (Fsp3) is 0.786. The summed E-state index contributed by atoms with van der Waals surface area (Å²) in [5, 5.41) is 0. The van der Waals surface area contributed by atoms with Crippen molar-refractivity contribution < 1.29 is 28.6 Å². The summed E-state index contributed by atoms with van der Waals surface area (Å²) in [4.78, 5) is 36.2.